The van der Waals surface area contributed by atoms with E-state index in [4.69, 9.17) is 4.74 Å². The topological polar surface area (TPSA) is 75.7 Å². The first kappa shape index (κ1) is 21.7. The summed E-state index contributed by atoms with van der Waals surface area (Å²) < 4.78 is 18.0. The van der Waals surface area contributed by atoms with Gasteiger partial charge >= 0.3 is 0 Å². The number of carbonyl (C=O) groups is 2. The van der Waals surface area contributed by atoms with Crippen molar-refractivity contribution in [3.05, 3.63) is 59.7 Å². The zero-order valence-corrected chi connectivity index (χ0v) is 18.5. The van der Waals surface area contributed by atoms with Gasteiger partial charge in [-0.2, -0.15) is 0 Å². The first-order valence-electron chi connectivity index (χ1n) is 10.7. The second-order valence-corrected chi connectivity index (χ2v) is 9.91. The van der Waals surface area contributed by atoms with Gasteiger partial charge in [0.25, 0.3) is 0 Å². The maximum Gasteiger partial charge on any atom is 0.239 e. The van der Waals surface area contributed by atoms with Crippen LogP contribution in [0.2, 0.25) is 0 Å². The molecule has 2 aromatic rings. The van der Waals surface area contributed by atoms with Crippen molar-refractivity contribution in [2.75, 3.05) is 30.0 Å². The second kappa shape index (κ2) is 9.75. The lowest BCUT2D eigenvalue weighted by atomic mass is 10.1. The van der Waals surface area contributed by atoms with Gasteiger partial charge in [0.05, 0.1) is 0 Å². The van der Waals surface area contributed by atoms with Crippen molar-refractivity contribution in [3.63, 3.8) is 0 Å². The van der Waals surface area contributed by atoms with Crippen LogP contribution in [0.4, 0.5) is 11.4 Å². The van der Waals surface area contributed by atoms with E-state index in [-0.39, 0.29) is 17.1 Å². The first-order chi connectivity index (χ1) is 15.0. The van der Waals surface area contributed by atoms with Gasteiger partial charge in [0.2, 0.25) is 11.8 Å². The summed E-state index contributed by atoms with van der Waals surface area (Å²) in [4.78, 5) is 27.3. The van der Waals surface area contributed by atoms with E-state index in [0.29, 0.717) is 37.6 Å². The second-order valence-electron chi connectivity index (χ2n) is 8.19. The van der Waals surface area contributed by atoms with Crippen LogP contribution in [0.5, 0.6) is 0 Å². The third kappa shape index (κ3) is 5.22. The third-order valence-corrected chi connectivity index (χ3v) is 7.74. The molecular weight excluding hydrogens is 412 g/mol. The molecule has 1 N–H and O–H groups in total. The Labute approximate surface area is 185 Å². The van der Waals surface area contributed by atoms with Gasteiger partial charge in [-0.3, -0.25) is 13.8 Å². The number of benzene rings is 2. The Kier molecular flexibility index (Phi) is 6.83. The smallest absolute Gasteiger partial charge is 0.239 e. The van der Waals surface area contributed by atoms with Gasteiger partial charge in [-0.05, 0) is 56.0 Å². The Bertz CT molecular complexity index is 970. The maximum atomic E-state index is 12.8. The fourth-order valence-corrected chi connectivity index (χ4v) is 5.56. The largest absolute Gasteiger partial charge is 0.381 e. The van der Waals surface area contributed by atoms with Crippen LogP contribution in [0.15, 0.2) is 48.5 Å². The number of nitrogens with zero attached hydrogens (tertiary/aromatic N) is 1. The molecule has 2 saturated heterocycles. The van der Waals surface area contributed by atoms with Crippen molar-refractivity contribution in [1.29, 1.82) is 0 Å². The van der Waals surface area contributed by atoms with Crippen molar-refractivity contribution >= 4 is 34.0 Å². The van der Waals surface area contributed by atoms with Gasteiger partial charge in [-0.25, -0.2) is 0 Å². The fraction of sp³-hybridized carbons (Fsp3) is 0.417. The molecule has 0 bridgehead atoms. The summed E-state index contributed by atoms with van der Waals surface area (Å²) in [5, 5.41) is 3.05. The molecule has 2 atom stereocenters. The summed E-state index contributed by atoms with van der Waals surface area (Å²) in [7, 11) is -0.967. The average Bonchev–Trinajstić information content (AvgIpc) is 3.16. The van der Waals surface area contributed by atoms with E-state index in [1.807, 2.05) is 49.4 Å². The maximum absolute atomic E-state index is 12.8. The number of nitrogens with one attached hydrogen (secondary N) is 1. The molecule has 164 valence electrons. The van der Waals surface area contributed by atoms with Gasteiger partial charge in [-0.1, -0.05) is 29.8 Å². The van der Waals surface area contributed by atoms with E-state index in [1.54, 1.807) is 11.0 Å². The van der Waals surface area contributed by atoms with Crippen molar-refractivity contribution in [2.45, 2.75) is 37.2 Å². The lowest BCUT2D eigenvalue weighted by Crippen LogP contribution is -2.33. The van der Waals surface area contributed by atoms with E-state index in [1.165, 1.54) is 0 Å². The molecule has 6 nitrogen and oxygen atoms in total. The zero-order chi connectivity index (χ0) is 21.8. The van der Waals surface area contributed by atoms with Crippen LogP contribution in [0, 0.1) is 12.8 Å². The molecule has 2 aromatic carbocycles. The highest BCUT2D eigenvalue weighted by Gasteiger charge is 2.37. The zero-order valence-electron chi connectivity index (χ0n) is 17.7. The predicted molar refractivity (Wildman–Crippen MR) is 122 cm³/mol. The van der Waals surface area contributed by atoms with Gasteiger partial charge in [0.1, 0.15) is 5.92 Å². The number of amides is 2. The molecule has 2 fully saturated rings. The number of ether oxygens (including phenoxy) is 1. The Hall–Kier alpha value is -2.51. The number of hydrogen-bond acceptors (Lipinski definition) is 4. The van der Waals surface area contributed by atoms with Crippen molar-refractivity contribution in [1.82, 2.24) is 0 Å². The van der Waals surface area contributed by atoms with Crippen molar-refractivity contribution in [3.8, 4) is 0 Å². The van der Waals surface area contributed by atoms with E-state index in [0.717, 1.165) is 29.7 Å². The van der Waals surface area contributed by atoms with Crippen molar-refractivity contribution < 1.29 is 18.5 Å². The van der Waals surface area contributed by atoms with Crippen LogP contribution in [0.1, 0.15) is 30.4 Å². The van der Waals surface area contributed by atoms with E-state index >= 15 is 0 Å². The molecule has 0 aromatic heterocycles. The van der Waals surface area contributed by atoms with Gasteiger partial charge in [0.15, 0.2) is 0 Å². The Balaban J connectivity index is 1.37. The monoisotopic (exact) mass is 440 g/mol. The quantitative estimate of drug-likeness (QED) is 0.699. The van der Waals surface area contributed by atoms with E-state index in [2.05, 4.69) is 5.32 Å². The fourth-order valence-electron chi connectivity index (χ4n) is 4.09. The Morgan fingerprint density at radius 1 is 1.13 bits per heavy atom. The summed E-state index contributed by atoms with van der Waals surface area (Å²) in [5.74, 6) is -0.695. The molecule has 2 amide bonds. The normalized spacial score (nSPS) is 20.6. The SMILES string of the molecule is Cc1ccc(N2CCC(C(=O)Nc3cccc(CS(=O)C4CCOCC4)c3)C2=O)cc1. The molecular formula is C24H28N2O4S. The highest BCUT2D eigenvalue weighted by molar-refractivity contribution is 7.84. The lowest BCUT2D eigenvalue weighted by Gasteiger charge is -2.21. The standard InChI is InChI=1S/C24H28N2O4S/c1-17-5-7-20(8-6-17)26-12-9-22(24(26)28)23(27)25-19-4-2-3-18(15-19)16-31(29)21-10-13-30-14-11-21/h2-8,15,21-22H,9-14,16H2,1H3,(H,25,27). The number of aryl methyl sites for hydroxylation is 1. The van der Waals surface area contributed by atoms with Crippen LogP contribution >= 0.6 is 0 Å². The number of anilines is 2. The molecule has 2 heterocycles. The van der Waals surface area contributed by atoms with E-state index in [9.17, 15) is 13.8 Å². The predicted octanol–water partition coefficient (Wildman–Crippen LogP) is 3.41. The van der Waals surface area contributed by atoms with Gasteiger partial charge < -0.3 is 15.0 Å². The molecule has 31 heavy (non-hydrogen) atoms. The molecule has 0 aliphatic carbocycles. The van der Waals surface area contributed by atoms with Crippen LogP contribution in [-0.4, -0.2) is 41.0 Å². The number of hydrogen-bond donors (Lipinski definition) is 1. The van der Waals surface area contributed by atoms with Gasteiger partial charge in [0, 0.05) is 52.9 Å². The summed E-state index contributed by atoms with van der Waals surface area (Å²) in [6.45, 7) is 3.87. The minimum absolute atomic E-state index is 0.163. The highest BCUT2D eigenvalue weighted by atomic mass is 32.2. The van der Waals surface area contributed by atoms with Crippen LogP contribution in [-0.2, 0) is 30.9 Å². The molecule has 2 aliphatic heterocycles. The minimum Gasteiger partial charge on any atom is -0.381 e. The van der Waals surface area contributed by atoms with Crippen LogP contribution in [0.25, 0.3) is 0 Å². The summed E-state index contributed by atoms with van der Waals surface area (Å²) in [6.07, 6.45) is 2.14. The van der Waals surface area contributed by atoms with Crippen LogP contribution in [0.3, 0.4) is 0 Å². The highest BCUT2D eigenvalue weighted by Crippen LogP contribution is 2.27. The minimum atomic E-state index is -0.967. The average molecular weight is 441 g/mol. The molecule has 7 heteroatoms. The molecule has 0 spiro atoms. The Morgan fingerprint density at radius 2 is 1.87 bits per heavy atom. The molecule has 2 aliphatic rings. The summed E-state index contributed by atoms with van der Waals surface area (Å²) in [6, 6.07) is 15.2. The molecule has 0 saturated carbocycles. The molecule has 0 radical (unpaired) electrons. The van der Waals surface area contributed by atoms with Gasteiger partial charge in [-0.15, -0.1) is 0 Å². The molecule has 4 rings (SSSR count). The first-order valence-corrected chi connectivity index (χ1v) is 12.1. The third-order valence-electron chi connectivity index (χ3n) is 5.91. The lowest BCUT2D eigenvalue weighted by molar-refractivity contribution is -0.129. The van der Waals surface area contributed by atoms with Crippen molar-refractivity contribution in [2.24, 2.45) is 5.92 Å². The molecule has 2 unspecified atom stereocenters. The van der Waals surface area contributed by atoms with E-state index < -0.39 is 16.7 Å². The Morgan fingerprint density at radius 3 is 2.61 bits per heavy atom. The summed E-state index contributed by atoms with van der Waals surface area (Å²) >= 11 is 0. The number of carbonyl (C=O) groups excluding carboxylic acids is 2. The number of rotatable bonds is 6. The summed E-state index contributed by atoms with van der Waals surface area (Å²) in [5.41, 5.74) is 3.50. The van der Waals surface area contributed by atoms with Crippen LogP contribution < -0.4 is 10.2 Å².